The Morgan fingerprint density at radius 3 is 2.24 bits per heavy atom. The maximum absolute atomic E-state index is 14.0. The largest absolute Gasteiger partial charge is 0.497 e. The summed E-state index contributed by atoms with van der Waals surface area (Å²) in [7, 11) is 4.25. The van der Waals surface area contributed by atoms with Crippen LogP contribution in [0, 0.1) is 17.7 Å². The summed E-state index contributed by atoms with van der Waals surface area (Å²) in [6.07, 6.45) is 0. The summed E-state index contributed by atoms with van der Waals surface area (Å²) in [5.74, 6) is -3.47. The van der Waals surface area contributed by atoms with Gasteiger partial charge in [0.25, 0.3) is 0 Å². The number of benzene rings is 3. The lowest BCUT2D eigenvalue weighted by Crippen LogP contribution is -2.53. The summed E-state index contributed by atoms with van der Waals surface area (Å²) in [5, 5.41) is 3.32. The Kier molecular flexibility index (Phi) is 6.16. The Balaban J connectivity index is 1.74. The molecule has 5 rings (SSSR count). The van der Waals surface area contributed by atoms with Crippen LogP contribution in [0.2, 0.25) is 0 Å². The summed E-state index contributed by atoms with van der Waals surface area (Å²) >= 11 is 0. The van der Waals surface area contributed by atoms with Crippen LogP contribution in [-0.2, 0) is 24.7 Å². The molecular formula is C28H25FN2O6. The molecule has 0 aliphatic carbocycles. The van der Waals surface area contributed by atoms with Crippen LogP contribution < -0.4 is 19.7 Å². The highest BCUT2D eigenvalue weighted by Gasteiger charge is 2.70. The Bertz CT molecular complexity index is 1360. The molecule has 1 N–H and O–H groups in total. The summed E-state index contributed by atoms with van der Waals surface area (Å²) in [6.45, 7) is 0. The first-order valence-corrected chi connectivity index (χ1v) is 11.6. The van der Waals surface area contributed by atoms with Crippen molar-refractivity contribution in [2.24, 2.45) is 11.8 Å². The van der Waals surface area contributed by atoms with E-state index in [1.807, 2.05) is 0 Å². The number of esters is 1. The summed E-state index contributed by atoms with van der Waals surface area (Å²) < 4.78 is 29.8. The van der Waals surface area contributed by atoms with Gasteiger partial charge in [-0.3, -0.25) is 14.9 Å². The van der Waals surface area contributed by atoms with Crippen molar-refractivity contribution in [1.29, 1.82) is 0 Å². The molecule has 8 nitrogen and oxygen atoms in total. The van der Waals surface area contributed by atoms with E-state index in [1.165, 1.54) is 45.6 Å². The molecule has 2 aliphatic rings. The van der Waals surface area contributed by atoms with Gasteiger partial charge < -0.3 is 14.2 Å². The normalized spacial score (nSPS) is 24.6. The van der Waals surface area contributed by atoms with Gasteiger partial charge in [0.2, 0.25) is 11.8 Å². The number of halogens is 1. The number of ether oxygens (including phenoxy) is 3. The fourth-order valence-electron chi connectivity index (χ4n) is 5.53. The van der Waals surface area contributed by atoms with Gasteiger partial charge in [-0.05, 0) is 35.9 Å². The predicted molar refractivity (Wildman–Crippen MR) is 131 cm³/mol. The third kappa shape index (κ3) is 3.65. The number of fused-ring (bicyclic) bond motifs is 1. The van der Waals surface area contributed by atoms with Gasteiger partial charge in [-0.1, -0.05) is 36.4 Å². The number of hydrogen-bond donors (Lipinski definition) is 1. The first-order chi connectivity index (χ1) is 17.9. The van der Waals surface area contributed by atoms with E-state index >= 15 is 0 Å². The first kappa shape index (κ1) is 24.5. The maximum atomic E-state index is 14.0. The highest BCUT2D eigenvalue weighted by Crippen LogP contribution is 2.55. The molecule has 2 saturated heterocycles. The molecule has 2 aliphatic heterocycles. The second kappa shape index (κ2) is 9.33. The van der Waals surface area contributed by atoms with Crippen molar-refractivity contribution in [2.45, 2.75) is 11.6 Å². The van der Waals surface area contributed by atoms with Gasteiger partial charge in [-0.2, -0.15) is 0 Å². The molecular weight excluding hydrogens is 479 g/mol. The molecule has 0 saturated carbocycles. The standard InChI is InChI=1S/C28H25FN2O6/c1-35-19-13-14-20(21(15-19)36-2)24-22-23(26(33)31(25(22)32)18-11-9-17(29)10-12-18)28(30-24,27(34)37-3)16-7-5-4-6-8-16/h4-15,22-24,30H,1-3H3/t22-,23-,24+,28-/m0/s1. The molecule has 0 aromatic heterocycles. The van der Waals surface area contributed by atoms with Crippen LogP contribution in [0.3, 0.4) is 0 Å². The zero-order valence-corrected chi connectivity index (χ0v) is 20.4. The van der Waals surface area contributed by atoms with Crippen LogP contribution in [0.25, 0.3) is 0 Å². The summed E-state index contributed by atoms with van der Waals surface area (Å²) in [5.41, 5.74) is -0.397. The molecule has 9 heteroatoms. The number of nitrogens with one attached hydrogen (secondary N) is 1. The zero-order valence-electron chi connectivity index (χ0n) is 20.4. The van der Waals surface area contributed by atoms with Crippen LogP contribution in [0.5, 0.6) is 11.5 Å². The molecule has 4 atom stereocenters. The lowest BCUT2D eigenvalue weighted by atomic mass is 9.75. The maximum Gasteiger partial charge on any atom is 0.331 e. The monoisotopic (exact) mass is 504 g/mol. The van der Waals surface area contributed by atoms with Gasteiger partial charge in [-0.25, -0.2) is 14.1 Å². The van der Waals surface area contributed by atoms with Gasteiger partial charge in [0, 0.05) is 17.7 Å². The van der Waals surface area contributed by atoms with Crippen LogP contribution in [-0.4, -0.2) is 39.1 Å². The average molecular weight is 505 g/mol. The fourth-order valence-corrected chi connectivity index (χ4v) is 5.53. The number of methoxy groups -OCH3 is 3. The van der Waals surface area contributed by atoms with E-state index in [4.69, 9.17) is 14.2 Å². The number of carbonyl (C=O) groups is 3. The molecule has 3 aromatic rings. The predicted octanol–water partition coefficient (Wildman–Crippen LogP) is 3.36. The Hall–Kier alpha value is -4.24. The van der Waals surface area contributed by atoms with Gasteiger partial charge in [-0.15, -0.1) is 0 Å². The Labute approximate surface area is 212 Å². The number of amides is 2. The molecule has 37 heavy (non-hydrogen) atoms. The van der Waals surface area contributed by atoms with Crippen LogP contribution in [0.4, 0.5) is 10.1 Å². The minimum Gasteiger partial charge on any atom is -0.497 e. The number of imide groups is 1. The molecule has 3 aromatic carbocycles. The molecule has 190 valence electrons. The van der Waals surface area contributed by atoms with E-state index < -0.39 is 47.0 Å². The number of carbonyl (C=O) groups excluding carboxylic acids is 3. The van der Waals surface area contributed by atoms with Crippen LogP contribution >= 0.6 is 0 Å². The second-order valence-corrected chi connectivity index (χ2v) is 8.89. The number of nitrogens with zero attached hydrogens (tertiary/aromatic N) is 1. The van der Waals surface area contributed by atoms with E-state index in [-0.39, 0.29) is 5.69 Å². The highest BCUT2D eigenvalue weighted by atomic mass is 19.1. The Morgan fingerprint density at radius 2 is 1.62 bits per heavy atom. The minimum absolute atomic E-state index is 0.220. The van der Waals surface area contributed by atoms with Crippen molar-refractivity contribution >= 4 is 23.5 Å². The highest BCUT2D eigenvalue weighted by molar-refractivity contribution is 6.24. The van der Waals surface area contributed by atoms with Gasteiger partial charge >= 0.3 is 5.97 Å². The number of hydrogen-bond acceptors (Lipinski definition) is 7. The van der Waals surface area contributed by atoms with Crippen molar-refractivity contribution in [2.75, 3.05) is 26.2 Å². The van der Waals surface area contributed by atoms with Crippen molar-refractivity contribution in [3.8, 4) is 11.5 Å². The van der Waals surface area contributed by atoms with Gasteiger partial charge in [0.1, 0.15) is 17.3 Å². The molecule has 2 fully saturated rings. The van der Waals surface area contributed by atoms with Crippen LogP contribution in [0.15, 0.2) is 72.8 Å². The zero-order chi connectivity index (χ0) is 26.3. The van der Waals surface area contributed by atoms with Crippen molar-refractivity contribution < 1.29 is 33.0 Å². The van der Waals surface area contributed by atoms with E-state index in [2.05, 4.69) is 5.32 Å². The summed E-state index contributed by atoms with van der Waals surface area (Å²) in [4.78, 5) is 42.6. The van der Waals surface area contributed by atoms with E-state index in [0.29, 0.717) is 22.6 Å². The third-order valence-electron chi connectivity index (χ3n) is 7.16. The SMILES string of the molecule is COC(=O)[C@@]1(c2ccccc2)N[C@H](c2ccc(OC)cc2OC)[C@H]2C(=O)N(c3ccc(F)cc3)C(=O)[C@H]21. The van der Waals surface area contributed by atoms with Crippen LogP contribution in [0.1, 0.15) is 17.2 Å². The molecule has 2 amide bonds. The quantitative estimate of drug-likeness (QED) is 0.406. The molecule has 2 heterocycles. The molecule has 0 spiro atoms. The van der Waals surface area contributed by atoms with Gasteiger partial charge in [0.05, 0.1) is 38.9 Å². The molecule has 0 radical (unpaired) electrons. The van der Waals surface area contributed by atoms with Gasteiger partial charge in [0.15, 0.2) is 5.54 Å². The lowest BCUT2D eigenvalue weighted by molar-refractivity contribution is -0.152. The van der Waals surface area contributed by atoms with Crippen molar-refractivity contribution in [3.63, 3.8) is 0 Å². The fraction of sp³-hybridized carbons (Fsp3) is 0.250. The van der Waals surface area contributed by atoms with Crippen molar-refractivity contribution in [1.82, 2.24) is 5.32 Å². The molecule has 0 unspecified atom stereocenters. The van der Waals surface area contributed by atoms with Crippen molar-refractivity contribution in [3.05, 3.63) is 89.7 Å². The smallest absolute Gasteiger partial charge is 0.331 e. The number of anilines is 1. The minimum atomic E-state index is -1.67. The average Bonchev–Trinajstić information content (AvgIpc) is 3.43. The van der Waals surface area contributed by atoms with E-state index in [0.717, 1.165) is 4.90 Å². The topological polar surface area (TPSA) is 94.2 Å². The number of rotatable bonds is 6. The van der Waals surface area contributed by atoms with E-state index in [1.54, 1.807) is 48.5 Å². The first-order valence-electron chi connectivity index (χ1n) is 11.6. The lowest BCUT2D eigenvalue weighted by Gasteiger charge is -2.33. The Morgan fingerprint density at radius 1 is 0.919 bits per heavy atom. The second-order valence-electron chi connectivity index (χ2n) is 8.89. The third-order valence-corrected chi connectivity index (χ3v) is 7.16. The molecule has 0 bridgehead atoms. The van der Waals surface area contributed by atoms with E-state index in [9.17, 15) is 18.8 Å². The summed E-state index contributed by atoms with van der Waals surface area (Å²) in [6, 6.07) is 18.1.